The normalized spacial score (nSPS) is 13.4. The van der Waals surface area contributed by atoms with Gasteiger partial charge in [-0.2, -0.15) is 0 Å². The molecule has 0 spiro atoms. The SMILES string of the molecule is Cc1ccc(N(Cc2nnc3n2CCCCC3)C(=O)Nc2ccccc2Cl)cc1. The highest BCUT2D eigenvalue weighted by Gasteiger charge is 2.22. The zero-order valence-corrected chi connectivity index (χ0v) is 17.2. The zero-order chi connectivity index (χ0) is 20.2. The number of nitrogens with zero attached hydrogens (tertiary/aromatic N) is 4. The molecule has 1 N–H and O–H groups in total. The third-order valence-electron chi connectivity index (χ3n) is 5.19. The molecule has 6 nitrogen and oxygen atoms in total. The smallest absolute Gasteiger partial charge is 0.313 e. The predicted octanol–water partition coefficient (Wildman–Crippen LogP) is 5.21. The van der Waals surface area contributed by atoms with Crippen molar-refractivity contribution in [1.82, 2.24) is 14.8 Å². The van der Waals surface area contributed by atoms with Crippen LogP contribution in [0.25, 0.3) is 0 Å². The fourth-order valence-corrected chi connectivity index (χ4v) is 3.74. The van der Waals surface area contributed by atoms with E-state index in [9.17, 15) is 4.79 Å². The Morgan fingerprint density at radius 2 is 1.90 bits per heavy atom. The molecule has 1 aliphatic heterocycles. The van der Waals surface area contributed by atoms with Gasteiger partial charge in [0.2, 0.25) is 0 Å². The molecule has 0 bridgehead atoms. The predicted molar refractivity (Wildman–Crippen MR) is 115 cm³/mol. The van der Waals surface area contributed by atoms with Crippen molar-refractivity contribution in [2.24, 2.45) is 0 Å². The van der Waals surface area contributed by atoms with Crippen LogP contribution < -0.4 is 10.2 Å². The van der Waals surface area contributed by atoms with E-state index in [-0.39, 0.29) is 6.03 Å². The Kier molecular flexibility index (Phi) is 5.81. The number of carbonyl (C=O) groups is 1. The van der Waals surface area contributed by atoms with Crippen molar-refractivity contribution in [3.63, 3.8) is 0 Å². The molecule has 29 heavy (non-hydrogen) atoms. The van der Waals surface area contributed by atoms with E-state index in [1.165, 1.54) is 6.42 Å². The Hall–Kier alpha value is -2.86. The average Bonchev–Trinajstić information content (AvgIpc) is 2.94. The van der Waals surface area contributed by atoms with Gasteiger partial charge in [0.15, 0.2) is 5.82 Å². The Bertz CT molecular complexity index is 999. The summed E-state index contributed by atoms with van der Waals surface area (Å²) in [6.07, 6.45) is 4.36. The molecule has 0 saturated carbocycles. The number of para-hydroxylation sites is 1. The van der Waals surface area contributed by atoms with Gasteiger partial charge in [0.25, 0.3) is 0 Å². The van der Waals surface area contributed by atoms with Gasteiger partial charge >= 0.3 is 6.03 Å². The number of carbonyl (C=O) groups excluding carboxylic acids is 1. The van der Waals surface area contributed by atoms with E-state index < -0.39 is 0 Å². The summed E-state index contributed by atoms with van der Waals surface area (Å²) < 4.78 is 2.16. The zero-order valence-electron chi connectivity index (χ0n) is 16.4. The number of nitrogens with one attached hydrogen (secondary N) is 1. The number of urea groups is 1. The first-order valence-electron chi connectivity index (χ1n) is 9.92. The molecule has 3 aromatic rings. The first-order valence-corrected chi connectivity index (χ1v) is 10.3. The second-order valence-corrected chi connectivity index (χ2v) is 7.73. The fraction of sp³-hybridized carbons (Fsp3) is 0.318. The summed E-state index contributed by atoms with van der Waals surface area (Å²) in [5.41, 5.74) is 2.51. The van der Waals surface area contributed by atoms with Crippen molar-refractivity contribution >= 4 is 29.0 Å². The molecule has 0 fully saturated rings. The van der Waals surface area contributed by atoms with Crippen LogP contribution in [0, 0.1) is 6.92 Å². The van der Waals surface area contributed by atoms with Gasteiger partial charge in [0.05, 0.1) is 17.3 Å². The van der Waals surface area contributed by atoms with E-state index in [0.29, 0.717) is 17.3 Å². The van der Waals surface area contributed by atoms with Gasteiger partial charge in [-0.15, -0.1) is 10.2 Å². The molecule has 0 atom stereocenters. The standard InChI is InChI=1S/C22H24ClN5O/c1-16-10-12-17(13-11-16)28(22(29)24-19-8-5-4-7-18(19)23)15-21-26-25-20-9-3-2-6-14-27(20)21/h4-5,7-8,10-13H,2-3,6,9,14-15H2,1H3,(H,24,29). The number of hydrogen-bond donors (Lipinski definition) is 1. The monoisotopic (exact) mass is 409 g/mol. The highest BCUT2D eigenvalue weighted by molar-refractivity contribution is 6.33. The van der Waals surface area contributed by atoms with E-state index in [0.717, 1.165) is 48.7 Å². The van der Waals surface area contributed by atoms with Gasteiger partial charge in [-0.1, -0.05) is 47.9 Å². The third kappa shape index (κ3) is 4.43. The Balaban J connectivity index is 1.64. The lowest BCUT2D eigenvalue weighted by Gasteiger charge is -2.23. The second-order valence-electron chi connectivity index (χ2n) is 7.33. The summed E-state index contributed by atoms with van der Waals surface area (Å²) in [5.74, 6) is 1.81. The number of halogens is 1. The van der Waals surface area contributed by atoms with Crippen molar-refractivity contribution in [1.29, 1.82) is 0 Å². The van der Waals surface area contributed by atoms with Gasteiger partial charge in [-0.3, -0.25) is 4.90 Å². The number of aryl methyl sites for hydroxylation is 2. The molecule has 2 aromatic carbocycles. The molecule has 0 saturated heterocycles. The lowest BCUT2D eigenvalue weighted by molar-refractivity contribution is 0.256. The van der Waals surface area contributed by atoms with Crippen LogP contribution in [0.3, 0.4) is 0 Å². The molecular formula is C22H24ClN5O. The fourth-order valence-electron chi connectivity index (χ4n) is 3.55. The minimum absolute atomic E-state index is 0.257. The van der Waals surface area contributed by atoms with Crippen LogP contribution in [0.5, 0.6) is 0 Å². The van der Waals surface area contributed by atoms with Gasteiger partial charge in [0.1, 0.15) is 5.82 Å². The van der Waals surface area contributed by atoms with Gasteiger partial charge < -0.3 is 9.88 Å². The van der Waals surface area contributed by atoms with E-state index in [1.54, 1.807) is 17.0 Å². The third-order valence-corrected chi connectivity index (χ3v) is 5.52. The summed E-state index contributed by atoms with van der Waals surface area (Å²) in [4.78, 5) is 14.9. The van der Waals surface area contributed by atoms with Crippen LogP contribution in [-0.2, 0) is 19.5 Å². The van der Waals surface area contributed by atoms with Crippen molar-refractivity contribution in [2.45, 2.75) is 45.7 Å². The molecule has 0 radical (unpaired) electrons. The number of benzene rings is 2. The molecule has 1 aromatic heterocycles. The van der Waals surface area contributed by atoms with Crippen molar-refractivity contribution in [2.75, 3.05) is 10.2 Å². The van der Waals surface area contributed by atoms with E-state index in [4.69, 9.17) is 11.6 Å². The summed E-state index contributed by atoms with van der Waals surface area (Å²) >= 11 is 6.24. The molecule has 1 aliphatic rings. The largest absolute Gasteiger partial charge is 0.326 e. The second kappa shape index (κ2) is 8.66. The van der Waals surface area contributed by atoms with E-state index in [2.05, 4.69) is 20.1 Å². The molecule has 4 rings (SSSR count). The topological polar surface area (TPSA) is 63.1 Å². The summed E-state index contributed by atoms with van der Waals surface area (Å²) in [7, 11) is 0. The van der Waals surface area contributed by atoms with Crippen LogP contribution in [-0.4, -0.2) is 20.8 Å². The van der Waals surface area contributed by atoms with E-state index in [1.807, 2.05) is 43.3 Å². The van der Waals surface area contributed by atoms with Gasteiger partial charge in [0, 0.05) is 18.7 Å². The Labute approximate surface area is 175 Å². The number of aromatic nitrogens is 3. The van der Waals surface area contributed by atoms with Crippen LogP contribution in [0.4, 0.5) is 16.2 Å². The number of amides is 2. The number of anilines is 2. The van der Waals surface area contributed by atoms with Crippen molar-refractivity contribution in [3.05, 3.63) is 70.8 Å². The molecular weight excluding hydrogens is 386 g/mol. The first kappa shape index (κ1) is 19.5. The summed E-state index contributed by atoms with van der Waals surface area (Å²) in [5, 5.41) is 12.2. The maximum Gasteiger partial charge on any atom is 0.326 e. The Morgan fingerprint density at radius 1 is 1.10 bits per heavy atom. The molecule has 2 amide bonds. The van der Waals surface area contributed by atoms with Gasteiger partial charge in [-0.25, -0.2) is 4.79 Å². The van der Waals surface area contributed by atoms with Gasteiger partial charge in [-0.05, 0) is 44.0 Å². The van der Waals surface area contributed by atoms with E-state index >= 15 is 0 Å². The maximum atomic E-state index is 13.2. The molecule has 2 heterocycles. The number of fused-ring (bicyclic) bond motifs is 1. The lowest BCUT2D eigenvalue weighted by atomic mass is 10.2. The quantitative estimate of drug-likeness (QED) is 0.643. The molecule has 7 heteroatoms. The number of rotatable bonds is 4. The minimum Gasteiger partial charge on any atom is -0.313 e. The molecule has 0 aliphatic carbocycles. The number of hydrogen-bond acceptors (Lipinski definition) is 3. The summed E-state index contributed by atoms with van der Waals surface area (Å²) in [6.45, 7) is 3.26. The van der Waals surface area contributed by atoms with Crippen molar-refractivity contribution in [3.8, 4) is 0 Å². The molecule has 150 valence electrons. The lowest BCUT2D eigenvalue weighted by Crippen LogP contribution is -2.35. The molecule has 0 unspecified atom stereocenters. The summed E-state index contributed by atoms with van der Waals surface area (Å²) in [6, 6.07) is 14.8. The Morgan fingerprint density at radius 3 is 2.69 bits per heavy atom. The van der Waals surface area contributed by atoms with Crippen LogP contribution in [0.15, 0.2) is 48.5 Å². The van der Waals surface area contributed by atoms with Crippen LogP contribution in [0.1, 0.15) is 36.5 Å². The highest BCUT2D eigenvalue weighted by Crippen LogP contribution is 2.24. The van der Waals surface area contributed by atoms with Crippen LogP contribution in [0.2, 0.25) is 5.02 Å². The average molecular weight is 410 g/mol. The van der Waals surface area contributed by atoms with Crippen LogP contribution >= 0.6 is 11.6 Å². The van der Waals surface area contributed by atoms with Crippen molar-refractivity contribution < 1.29 is 4.79 Å². The maximum absolute atomic E-state index is 13.2. The highest BCUT2D eigenvalue weighted by atomic mass is 35.5. The minimum atomic E-state index is -0.257. The first-order chi connectivity index (χ1) is 14.1.